The summed E-state index contributed by atoms with van der Waals surface area (Å²) in [7, 11) is 1.72. The third-order valence-corrected chi connectivity index (χ3v) is 4.95. The molecule has 2 aromatic carbocycles. The number of hydrogen-bond donors (Lipinski definition) is 2. The second-order valence-corrected chi connectivity index (χ2v) is 6.54. The Kier molecular flexibility index (Phi) is 4.59. The maximum Gasteiger partial charge on any atom is 0.290 e. The Morgan fingerprint density at radius 1 is 1.24 bits per heavy atom. The highest BCUT2D eigenvalue weighted by Crippen LogP contribution is 2.45. The lowest BCUT2D eigenvalue weighted by Crippen LogP contribution is -2.36. The number of anilines is 2. The number of carbonyl (C=O) groups is 3. The highest BCUT2D eigenvalue weighted by Gasteiger charge is 2.32. The Bertz CT molecular complexity index is 1130. The van der Waals surface area contributed by atoms with Gasteiger partial charge in [-0.2, -0.15) is 0 Å². The first-order chi connectivity index (χ1) is 14.0. The van der Waals surface area contributed by atoms with Crippen LogP contribution in [0.1, 0.15) is 23.5 Å². The van der Waals surface area contributed by atoms with Crippen LogP contribution in [-0.2, 0) is 14.4 Å². The molecule has 0 saturated heterocycles. The first kappa shape index (κ1) is 18.4. The van der Waals surface area contributed by atoms with E-state index in [-0.39, 0.29) is 37.2 Å². The summed E-state index contributed by atoms with van der Waals surface area (Å²) in [6.07, 6.45) is 0.274. The number of carboxylic acid groups (broad SMARTS) is 1. The number of ether oxygens (including phenoxy) is 1. The topological polar surface area (TPSA) is 135 Å². The monoisotopic (exact) mass is 396 g/mol. The lowest BCUT2D eigenvalue weighted by Gasteiger charge is -2.31. The van der Waals surface area contributed by atoms with Gasteiger partial charge in [-0.05, 0) is 33.6 Å². The van der Waals surface area contributed by atoms with E-state index in [1.165, 1.54) is 0 Å². The fourth-order valence-electron chi connectivity index (χ4n) is 3.61. The normalized spacial score (nSPS) is 17.4. The summed E-state index contributed by atoms with van der Waals surface area (Å²) in [5.41, 5.74) is 4.42. The molecular formula is C19H16N4O6. The number of likely N-dealkylation sites (N-methyl/N-ethyl adjacent to an activating group) is 1. The standard InChI is InChI=1S/C18H14N4O4.CH2O2/c1-22-14-5-11-10(9-3-2-4-12-18(9)21-26-20-12)6-16(23)19-13(11)7-15(14)25-8-17(22)24;2-1-3/h2-5,7,10H,6,8H2,1H3,(H,19,23);1H,(H,2,3). The van der Waals surface area contributed by atoms with Gasteiger partial charge in [-0.1, -0.05) is 12.1 Å². The van der Waals surface area contributed by atoms with Crippen molar-refractivity contribution in [1.82, 2.24) is 10.3 Å². The third-order valence-electron chi connectivity index (χ3n) is 4.95. The number of amides is 2. The lowest BCUT2D eigenvalue weighted by atomic mass is 9.83. The number of carbonyl (C=O) groups excluding carboxylic acids is 2. The van der Waals surface area contributed by atoms with E-state index in [9.17, 15) is 9.59 Å². The number of hydrogen-bond acceptors (Lipinski definition) is 7. The van der Waals surface area contributed by atoms with Crippen LogP contribution in [0.2, 0.25) is 0 Å². The number of fused-ring (bicyclic) bond motifs is 3. The smallest absolute Gasteiger partial charge is 0.290 e. The van der Waals surface area contributed by atoms with Gasteiger partial charge in [0.1, 0.15) is 16.8 Å². The summed E-state index contributed by atoms with van der Waals surface area (Å²) in [6.45, 7) is -0.260. The average molecular weight is 396 g/mol. The highest BCUT2D eigenvalue weighted by atomic mass is 16.6. The van der Waals surface area contributed by atoms with Gasteiger partial charge in [0.2, 0.25) is 5.91 Å². The molecule has 0 spiro atoms. The molecule has 10 nitrogen and oxygen atoms in total. The molecule has 0 radical (unpaired) electrons. The highest BCUT2D eigenvalue weighted by molar-refractivity contribution is 6.01. The van der Waals surface area contributed by atoms with Crippen molar-refractivity contribution in [1.29, 1.82) is 0 Å². The largest absolute Gasteiger partial charge is 0.483 e. The van der Waals surface area contributed by atoms with E-state index in [1.807, 2.05) is 24.3 Å². The molecule has 3 aromatic rings. The maximum absolute atomic E-state index is 12.3. The van der Waals surface area contributed by atoms with Crippen molar-refractivity contribution in [2.45, 2.75) is 12.3 Å². The zero-order valence-corrected chi connectivity index (χ0v) is 15.3. The van der Waals surface area contributed by atoms with Crippen LogP contribution in [0.3, 0.4) is 0 Å². The minimum atomic E-state index is -0.250. The van der Waals surface area contributed by atoms with Gasteiger partial charge < -0.3 is 20.1 Å². The second kappa shape index (κ2) is 7.23. The average Bonchev–Trinajstić information content (AvgIpc) is 3.19. The molecule has 2 aliphatic rings. The van der Waals surface area contributed by atoms with Crippen LogP contribution < -0.4 is 15.0 Å². The molecule has 29 heavy (non-hydrogen) atoms. The summed E-state index contributed by atoms with van der Waals surface area (Å²) in [6, 6.07) is 9.28. The molecule has 2 aliphatic heterocycles. The molecule has 2 N–H and O–H groups in total. The van der Waals surface area contributed by atoms with Crippen LogP contribution in [0, 0.1) is 0 Å². The van der Waals surface area contributed by atoms with E-state index in [4.69, 9.17) is 19.3 Å². The number of nitrogens with zero attached hydrogens (tertiary/aromatic N) is 3. The van der Waals surface area contributed by atoms with E-state index in [1.54, 1.807) is 18.0 Å². The SMILES string of the molecule is CN1C(=O)COc2cc3c(cc21)C(c1cccc2nonc12)CC(=O)N3.O=CO. The van der Waals surface area contributed by atoms with E-state index < -0.39 is 0 Å². The van der Waals surface area contributed by atoms with Gasteiger partial charge >= 0.3 is 0 Å². The van der Waals surface area contributed by atoms with Crippen molar-refractivity contribution in [3.63, 3.8) is 0 Å². The van der Waals surface area contributed by atoms with Crippen molar-refractivity contribution >= 4 is 40.7 Å². The van der Waals surface area contributed by atoms with E-state index in [2.05, 4.69) is 15.6 Å². The summed E-state index contributed by atoms with van der Waals surface area (Å²) in [5, 5.41) is 17.7. The Morgan fingerprint density at radius 3 is 2.83 bits per heavy atom. The summed E-state index contributed by atoms with van der Waals surface area (Å²) in [5.74, 6) is 0.158. The van der Waals surface area contributed by atoms with Gasteiger partial charge in [0.15, 0.2) is 6.61 Å². The van der Waals surface area contributed by atoms with Crippen molar-refractivity contribution in [3.05, 3.63) is 41.5 Å². The third kappa shape index (κ3) is 3.14. The molecule has 148 valence electrons. The molecular weight excluding hydrogens is 380 g/mol. The van der Waals surface area contributed by atoms with Crippen LogP contribution in [0.25, 0.3) is 11.0 Å². The summed E-state index contributed by atoms with van der Waals surface area (Å²) < 4.78 is 10.4. The van der Waals surface area contributed by atoms with E-state index >= 15 is 0 Å². The quantitative estimate of drug-likeness (QED) is 0.594. The van der Waals surface area contributed by atoms with E-state index in [0.717, 1.165) is 11.1 Å². The zero-order chi connectivity index (χ0) is 20.5. The van der Waals surface area contributed by atoms with Gasteiger partial charge in [0.05, 0.1) is 5.69 Å². The van der Waals surface area contributed by atoms with E-state index in [0.29, 0.717) is 28.2 Å². The minimum absolute atomic E-state index is 0.0103. The Balaban J connectivity index is 0.000000645. The Labute approximate surface area is 164 Å². The molecule has 1 atom stereocenters. The van der Waals surface area contributed by atoms with Crippen LogP contribution in [0.4, 0.5) is 11.4 Å². The predicted octanol–water partition coefficient (Wildman–Crippen LogP) is 1.75. The molecule has 1 aromatic heterocycles. The number of benzene rings is 2. The van der Waals surface area contributed by atoms with Gasteiger partial charge in [-0.25, -0.2) is 4.63 Å². The van der Waals surface area contributed by atoms with Crippen molar-refractivity contribution in [2.24, 2.45) is 0 Å². The fraction of sp³-hybridized carbons (Fsp3) is 0.211. The minimum Gasteiger partial charge on any atom is -0.483 e. The lowest BCUT2D eigenvalue weighted by molar-refractivity contribution is -0.123. The van der Waals surface area contributed by atoms with Crippen molar-refractivity contribution in [2.75, 3.05) is 23.9 Å². The van der Waals surface area contributed by atoms with Gasteiger partial charge in [-0.3, -0.25) is 14.4 Å². The number of aromatic nitrogens is 2. The molecule has 0 saturated carbocycles. The zero-order valence-electron chi connectivity index (χ0n) is 15.3. The molecule has 3 heterocycles. The fourth-order valence-corrected chi connectivity index (χ4v) is 3.61. The molecule has 0 fully saturated rings. The second-order valence-electron chi connectivity index (χ2n) is 6.54. The number of nitrogens with one attached hydrogen (secondary N) is 1. The van der Waals surface area contributed by atoms with Crippen molar-refractivity contribution < 1.29 is 28.9 Å². The van der Waals surface area contributed by atoms with Crippen LogP contribution >= 0.6 is 0 Å². The first-order valence-electron chi connectivity index (χ1n) is 8.69. The van der Waals surface area contributed by atoms with Gasteiger partial charge in [0.25, 0.3) is 12.4 Å². The predicted molar refractivity (Wildman–Crippen MR) is 101 cm³/mol. The van der Waals surface area contributed by atoms with Gasteiger partial charge in [0, 0.05) is 31.1 Å². The molecule has 2 amide bonds. The van der Waals surface area contributed by atoms with Gasteiger partial charge in [-0.15, -0.1) is 0 Å². The Hall–Kier alpha value is -3.95. The molecule has 0 bridgehead atoms. The Morgan fingerprint density at radius 2 is 2.03 bits per heavy atom. The number of rotatable bonds is 1. The molecule has 0 aliphatic carbocycles. The molecule has 1 unspecified atom stereocenters. The molecule has 10 heteroatoms. The summed E-state index contributed by atoms with van der Waals surface area (Å²) >= 11 is 0. The van der Waals surface area contributed by atoms with Crippen LogP contribution in [0.15, 0.2) is 35.0 Å². The summed E-state index contributed by atoms with van der Waals surface area (Å²) in [4.78, 5) is 34.2. The van der Waals surface area contributed by atoms with Crippen molar-refractivity contribution in [3.8, 4) is 5.75 Å². The first-order valence-corrected chi connectivity index (χ1v) is 8.69. The molecule has 5 rings (SSSR count). The van der Waals surface area contributed by atoms with Crippen LogP contribution in [0.5, 0.6) is 5.75 Å². The maximum atomic E-state index is 12.3. The van der Waals surface area contributed by atoms with Crippen LogP contribution in [-0.4, -0.2) is 47.4 Å².